The first-order valence-corrected chi connectivity index (χ1v) is 8.46. The van der Waals surface area contributed by atoms with E-state index in [1.807, 2.05) is 6.07 Å². The second-order valence-corrected chi connectivity index (χ2v) is 6.37. The number of hydrogen-bond acceptors (Lipinski definition) is 3. The van der Waals surface area contributed by atoms with Gasteiger partial charge in [-0.05, 0) is 30.7 Å². The fourth-order valence-electron chi connectivity index (χ4n) is 3.13. The van der Waals surface area contributed by atoms with Gasteiger partial charge in [0.15, 0.2) is 11.4 Å². The fourth-order valence-corrected chi connectivity index (χ4v) is 3.13. The van der Waals surface area contributed by atoms with Crippen molar-refractivity contribution in [3.63, 3.8) is 0 Å². The molecular formula is C21H14F3N3O. The molecular weight excluding hydrogens is 367 g/mol. The number of carbonyl (C=O) groups is 1. The Morgan fingerprint density at radius 1 is 1.00 bits per heavy atom. The smallest absolute Gasteiger partial charge is 0.295 e. The number of aromatic amines is 1. The molecule has 0 aliphatic rings. The maximum absolute atomic E-state index is 13.4. The van der Waals surface area contributed by atoms with Crippen LogP contribution in [-0.4, -0.2) is 21.0 Å². The zero-order valence-electron chi connectivity index (χ0n) is 14.7. The van der Waals surface area contributed by atoms with Crippen molar-refractivity contribution in [3.05, 3.63) is 71.9 Å². The summed E-state index contributed by atoms with van der Waals surface area (Å²) in [4.78, 5) is 15.9. The molecule has 2 heterocycles. The van der Waals surface area contributed by atoms with Crippen LogP contribution in [0.3, 0.4) is 0 Å². The van der Waals surface area contributed by atoms with E-state index in [-0.39, 0.29) is 17.0 Å². The van der Waals surface area contributed by atoms with Gasteiger partial charge in [-0.3, -0.25) is 9.89 Å². The third kappa shape index (κ3) is 3.15. The standard InChI is InChI=1S/C21H14F3N3O/c1-12(28)13-5-4-6-14(9-13)15-10-17-19(26-27-20(17)25-11-15)16-7-2-3-8-18(16)21(22,23)24/h2-11H,1H3,(H,25,26,27). The van der Waals surface area contributed by atoms with Crippen LogP contribution in [0.1, 0.15) is 22.8 Å². The number of H-pyrrole nitrogens is 1. The van der Waals surface area contributed by atoms with Crippen molar-refractivity contribution >= 4 is 16.8 Å². The average Bonchev–Trinajstić information content (AvgIpc) is 3.10. The molecule has 2 aromatic carbocycles. The number of fused-ring (bicyclic) bond motifs is 1. The van der Waals surface area contributed by atoms with E-state index in [0.717, 1.165) is 11.6 Å². The number of ketones is 1. The van der Waals surface area contributed by atoms with Crippen molar-refractivity contribution in [1.82, 2.24) is 15.2 Å². The summed E-state index contributed by atoms with van der Waals surface area (Å²) in [6.07, 6.45) is -2.91. The molecule has 0 aliphatic carbocycles. The molecule has 0 spiro atoms. The van der Waals surface area contributed by atoms with Crippen molar-refractivity contribution in [2.24, 2.45) is 0 Å². The molecule has 28 heavy (non-hydrogen) atoms. The number of rotatable bonds is 3. The lowest BCUT2D eigenvalue weighted by Crippen LogP contribution is -2.07. The summed E-state index contributed by atoms with van der Waals surface area (Å²) in [7, 11) is 0. The van der Waals surface area contributed by atoms with Crippen molar-refractivity contribution < 1.29 is 18.0 Å². The number of hydrogen-bond donors (Lipinski definition) is 1. The first-order chi connectivity index (χ1) is 13.3. The summed E-state index contributed by atoms with van der Waals surface area (Å²) in [5.41, 5.74) is 1.81. The van der Waals surface area contributed by atoms with E-state index >= 15 is 0 Å². The number of halogens is 3. The third-order valence-electron chi connectivity index (χ3n) is 4.51. The van der Waals surface area contributed by atoms with E-state index in [9.17, 15) is 18.0 Å². The molecule has 2 aromatic heterocycles. The van der Waals surface area contributed by atoms with Crippen LogP contribution in [0.2, 0.25) is 0 Å². The van der Waals surface area contributed by atoms with Gasteiger partial charge in [0, 0.05) is 28.3 Å². The van der Waals surface area contributed by atoms with Gasteiger partial charge in [0.05, 0.1) is 11.3 Å². The molecule has 0 atom stereocenters. The number of carbonyl (C=O) groups excluding carboxylic acids is 1. The summed E-state index contributed by atoms with van der Waals surface area (Å²) in [5, 5.41) is 7.20. The Hall–Kier alpha value is -3.48. The lowest BCUT2D eigenvalue weighted by atomic mass is 9.99. The highest BCUT2D eigenvalue weighted by Gasteiger charge is 2.34. The molecule has 1 N–H and O–H groups in total. The number of pyridine rings is 1. The lowest BCUT2D eigenvalue weighted by molar-refractivity contribution is -0.137. The monoisotopic (exact) mass is 381 g/mol. The van der Waals surface area contributed by atoms with Crippen LogP contribution in [0, 0.1) is 0 Å². The van der Waals surface area contributed by atoms with Gasteiger partial charge < -0.3 is 0 Å². The van der Waals surface area contributed by atoms with Gasteiger partial charge in [0.25, 0.3) is 0 Å². The summed E-state index contributed by atoms with van der Waals surface area (Å²) < 4.78 is 40.3. The predicted octanol–water partition coefficient (Wildman–Crippen LogP) is 5.51. The molecule has 0 amide bonds. The highest BCUT2D eigenvalue weighted by atomic mass is 19.4. The number of benzene rings is 2. The van der Waals surface area contributed by atoms with Gasteiger partial charge in [0.2, 0.25) is 0 Å². The van der Waals surface area contributed by atoms with Crippen LogP contribution in [0.25, 0.3) is 33.4 Å². The first-order valence-electron chi connectivity index (χ1n) is 8.46. The van der Waals surface area contributed by atoms with E-state index in [4.69, 9.17) is 0 Å². The molecule has 0 bridgehead atoms. The maximum atomic E-state index is 13.4. The normalized spacial score (nSPS) is 11.7. The number of nitrogens with one attached hydrogen (secondary N) is 1. The molecule has 7 heteroatoms. The van der Waals surface area contributed by atoms with E-state index in [0.29, 0.717) is 22.2 Å². The van der Waals surface area contributed by atoms with Gasteiger partial charge in [-0.2, -0.15) is 18.3 Å². The molecule has 140 valence electrons. The minimum atomic E-state index is -4.49. The quantitative estimate of drug-likeness (QED) is 0.476. The second kappa shape index (κ2) is 6.60. The van der Waals surface area contributed by atoms with Crippen molar-refractivity contribution in [1.29, 1.82) is 0 Å². The largest absolute Gasteiger partial charge is 0.417 e. The molecule has 0 fully saturated rings. The molecule has 0 aliphatic heterocycles. The molecule has 0 saturated carbocycles. The minimum Gasteiger partial charge on any atom is -0.295 e. The van der Waals surface area contributed by atoms with E-state index in [2.05, 4.69) is 15.2 Å². The number of alkyl halides is 3. The second-order valence-electron chi connectivity index (χ2n) is 6.37. The maximum Gasteiger partial charge on any atom is 0.417 e. The fraction of sp³-hybridized carbons (Fsp3) is 0.0952. The molecule has 0 unspecified atom stereocenters. The van der Waals surface area contributed by atoms with Gasteiger partial charge in [-0.25, -0.2) is 4.98 Å². The molecule has 4 aromatic rings. The molecule has 4 rings (SSSR count). The number of aromatic nitrogens is 3. The van der Waals surface area contributed by atoms with Gasteiger partial charge in [-0.1, -0.05) is 36.4 Å². The van der Waals surface area contributed by atoms with Crippen LogP contribution >= 0.6 is 0 Å². The summed E-state index contributed by atoms with van der Waals surface area (Å²) in [5.74, 6) is -0.0704. The highest BCUT2D eigenvalue weighted by molar-refractivity contribution is 5.97. The highest BCUT2D eigenvalue weighted by Crippen LogP contribution is 2.38. The number of Topliss-reactive ketones (excluding diaryl/α,β-unsaturated/α-hetero) is 1. The van der Waals surface area contributed by atoms with Crippen LogP contribution < -0.4 is 0 Å². The summed E-state index contributed by atoms with van der Waals surface area (Å²) >= 11 is 0. The summed E-state index contributed by atoms with van der Waals surface area (Å²) in [6, 6.07) is 14.1. The van der Waals surface area contributed by atoms with E-state index in [1.54, 1.807) is 36.5 Å². The Bertz CT molecular complexity index is 1190. The van der Waals surface area contributed by atoms with E-state index in [1.165, 1.54) is 19.1 Å². The van der Waals surface area contributed by atoms with Crippen LogP contribution in [0.5, 0.6) is 0 Å². The van der Waals surface area contributed by atoms with Crippen molar-refractivity contribution in [2.75, 3.05) is 0 Å². The zero-order chi connectivity index (χ0) is 19.9. The lowest BCUT2D eigenvalue weighted by Gasteiger charge is -2.11. The molecule has 0 saturated heterocycles. The van der Waals surface area contributed by atoms with Crippen LogP contribution in [-0.2, 0) is 6.18 Å². The van der Waals surface area contributed by atoms with Gasteiger partial charge >= 0.3 is 6.18 Å². The minimum absolute atomic E-state index is 0.00827. The molecule has 4 nitrogen and oxygen atoms in total. The van der Waals surface area contributed by atoms with Gasteiger partial charge in [0.1, 0.15) is 0 Å². The Balaban J connectivity index is 1.89. The van der Waals surface area contributed by atoms with Gasteiger partial charge in [-0.15, -0.1) is 0 Å². The van der Waals surface area contributed by atoms with Crippen LogP contribution in [0.4, 0.5) is 13.2 Å². The van der Waals surface area contributed by atoms with Crippen LogP contribution in [0.15, 0.2) is 60.8 Å². The average molecular weight is 381 g/mol. The molecule has 0 radical (unpaired) electrons. The van der Waals surface area contributed by atoms with Crippen molar-refractivity contribution in [3.8, 4) is 22.4 Å². The SMILES string of the molecule is CC(=O)c1cccc(-c2cnc3n[nH]c(-c4ccccc4C(F)(F)F)c3c2)c1. The summed E-state index contributed by atoms with van der Waals surface area (Å²) in [6.45, 7) is 1.48. The topological polar surface area (TPSA) is 58.6 Å². The van der Waals surface area contributed by atoms with E-state index < -0.39 is 11.7 Å². The Morgan fingerprint density at radius 3 is 2.54 bits per heavy atom. The number of nitrogens with zero attached hydrogens (tertiary/aromatic N) is 2. The Kier molecular flexibility index (Phi) is 4.22. The Labute approximate surface area is 158 Å². The van der Waals surface area contributed by atoms with Crippen molar-refractivity contribution in [2.45, 2.75) is 13.1 Å². The zero-order valence-corrected chi connectivity index (χ0v) is 14.7. The third-order valence-corrected chi connectivity index (χ3v) is 4.51. The predicted molar refractivity (Wildman–Crippen MR) is 99.8 cm³/mol. The first kappa shape index (κ1) is 17.9. The Morgan fingerprint density at radius 2 is 1.79 bits per heavy atom.